The van der Waals surface area contributed by atoms with Crippen LogP contribution in [-0.2, 0) is 16.1 Å². The average molecular weight is 407 g/mol. The van der Waals surface area contributed by atoms with E-state index in [1.54, 1.807) is 30.3 Å². The van der Waals surface area contributed by atoms with Gasteiger partial charge in [-0.05, 0) is 29.8 Å². The van der Waals surface area contributed by atoms with Gasteiger partial charge in [0.1, 0.15) is 0 Å². The zero-order valence-corrected chi connectivity index (χ0v) is 15.1. The molecule has 0 fully saturated rings. The summed E-state index contributed by atoms with van der Waals surface area (Å²) >= 11 is 23.5. The highest BCUT2D eigenvalue weighted by molar-refractivity contribution is 6.43. The average Bonchev–Trinajstić information content (AvgIpc) is 2.54. The second-order valence-electron chi connectivity index (χ2n) is 4.69. The van der Waals surface area contributed by atoms with E-state index in [0.717, 1.165) is 0 Å². The van der Waals surface area contributed by atoms with Crippen LogP contribution >= 0.6 is 46.4 Å². The molecule has 0 spiro atoms. The number of benzene rings is 2. The van der Waals surface area contributed by atoms with Crippen molar-refractivity contribution in [2.45, 2.75) is 6.54 Å². The van der Waals surface area contributed by atoms with Crippen LogP contribution in [0, 0.1) is 0 Å². The van der Waals surface area contributed by atoms with Gasteiger partial charge >= 0.3 is 5.97 Å². The number of esters is 1. The first-order valence-corrected chi connectivity index (χ1v) is 8.21. The van der Waals surface area contributed by atoms with Gasteiger partial charge in [-0.15, -0.1) is 0 Å². The van der Waals surface area contributed by atoms with Crippen molar-refractivity contribution in [3.63, 3.8) is 0 Å². The normalized spacial score (nSPS) is 10.3. The van der Waals surface area contributed by atoms with Crippen LogP contribution in [0.4, 0.5) is 0 Å². The number of carbonyl (C=O) groups excluding carboxylic acids is 2. The van der Waals surface area contributed by atoms with Gasteiger partial charge in [0.05, 0.1) is 15.6 Å². The number of rotatable bonds is 5. The molecule has 1 amide bonds. The van der Waals surface area contributed by atoms with E-state index in [0.29, 0.717) is 15.6 Å². The first kappa shape index (κ1) is 18.9. The van der Waals surface area contributed by atoms with Crippen molar-refractivity contribution in [2.75, 3.05) is 6.61 Å². The summed E-state index contributed by atoms with van der Waals surface area (Å²) in [6, 6.07) is 9.50. The predicted molar refractivity (Wildman–Crippen MR) is 95.1 cm³/mol. The van der Waals surface area contributed by atoms with Crippen molar-refractivity contribution in [1.82, 2.24) is 5.32 Å². The fourth-order valence-electron chi connectivity index (χ4n) is 1.78. The molecule has 0 atom stereocenters. The van der Waals surface area contributed by atoms with E-state index in [-0.39, 0.29) is 22.2 Å². The van der Waals surface area contributed by atoms with Crippen molar-refractivity contribution < 1.29 is 14.3 Å². The third-order valence-corrected chi connectivity index (χ3v) is 4.40. The van der Waals surface area contributed by atoms with E-state index in [4.69, 9.17) is 51.1 Å². The lowest BCUT2D eigenvalue weighted by Gasteiger charge is -2.09. The molecule has 2 aromatic carbocycles. The van der Waals surface area contributed by atoms with Crippen molar-refractivity contribution in [3.8, 4) is 0 Å². The van der Waals surface area contributed by atoms with Gasteiger partial charge in [0.25, 0.3) is 5.91 Å². The number of carbonyl (C=O) groups is 2. The van der Waals surface area contributed by atoms with Crippen LogP contribution in [0.2, 0.25) is 20.1 Å². The van der Waals surface area contributed by atoms with Gasteiger partial charge in [0.15, 0.2) is 6.61 Å². The molecule has 24 heavy (non-hydrogen) atoms. The minimum atomic E-state index is -0.734. The summed E-state index contributed by atoms with van der Waals surface area (Å²) in [5, 5.41) is 3.84. The number of nitrogens with one attached hydrogen (secondary N) is 1. The summed E-state index contributed by atoms with van der Waals surface area (Å²) in [7, 11) is 0. The van der Waals surface area contributed by atoms with E-state index in [1.807, 2.05) is 0 Å². The van der Waals surface area contributed by atoms with Crippen LogP contribution in [0.3, 0.4) is 0 Å². The summed E-state index contributed by atoms with van der Waals surface area (Å²) in [5.74, 6) is -1.21. The molecule has 0 aromatic heterocycles. The third-order valence-electron chi connectivity index (χ3n) is 3.00. The van der Waals surface area contributed by atoms with Gasteiger partial charge in [0, 0.05) is 16.6 Å². The molecular formula is C16H11Cl4NO3. The Bertz CT molecular complexity index is 780. The Labute approximate surface area is 158 Å². The van der Waals surface area contributed by atoms with Crippen LogP contribution in [0.15, 0.2) is 36.4 Å². The lowest BCUT2D eigenvalue weighted by Crippen LogP contribution is -2.28. The second kappa shape index (κ2) is 8.58. The second-order valence-corrected chi connectivity index (χ2v) is 6.32. The lowest BCUT2D eigenvalue weighted by atomic mass is 10.2. The van der Waals surface area contributed by atoms with Crippen LogP contribution in [-0.4, -0.2) is 18.5 Å². The lowest BCUT2D eigenvalue weighted by molar-refractivity contribution is -0.124. The number of hydrogen-bond acceptors (Lipinski definition) is 3. The van der Waals surface area contributed by atoms with Crippen molar-refractivity contribution in [2.24, 2.45) is 0 Å². The molecule has 0 saturated heterocycles. The largest absolute Gasteiger partial charge is 0.452 e. The van der Waals surface area contributed by atoms with Gasteiger partial charge in [0.2, 0.25) is 0 Å². The molecule has 0 aliphatic carbocycles. The zero-order chi connectivity index (χ0) is 17.7. The van der Waals surface area contributed by atoms with Crippen LogP contribution in [0.1, 0.15) is 15.9 Å². The highest BCUT2D eigenvalue weighted by Gasteiger charge is 2.15. The first-order chi connectivity index (χ1) is 11.4. The van der Waals surface area contributed by atoms with Crippen molar-refractivity contribution in [1.29, 1.82) is 0 Å². The molecule has 1 N–H and O–H groups in total. The fourth-order valence-corrected chi connectivity index (χ4v) is 2.63. The third kappa shape index (κ3) is 5.02. The Hall–Kier alpha value is -1.46. The molecule has 8 heteroatoms. The summed E-state index contributed by atoms with van der Waals surface area (Å²) in [6.45, 7) is -0.267. The molecule has 0 bridgehead atoms. The minimum Gasteiger partial charge on any atom is -0.452 e. The zero-order valence-electron chi connectivity index (χ0n) is 12.1. The van der Waals surface area contributed by atoms with Crippen LogP contribution in [0.25, 0.3) is 0 Å². The number of halogens is 4. The Morgan fingerprint density at radius 1 is 1.00 bits per heavy atom. The Morgan fingerprint density at radius 2 is 1.75 bits per heavy atom. The summed E-state index contributed by atoms with van der Waals surface area (Å²) < 4.78 is 4.92. The Kier molecular flexibility index (Phi) is 6.75. The van der Waals surface area contributed by atoms with Gasteiger partial charge in [-0.1, -0.05) is 58.5 Å². The summed E-state index contributed by atoms with van der Waals surface area (Å²) in [5.41, 5.74) is 0.788. The van der Waals surface area contributed by atoms with Crippen LogP contribution in [0.5, 0.6) is 0 Å². The molecule has 0 saturated carbocycles. The Balaban J connectivity index is 1.87. The highest BCUT2D eigenvalue weighted by atomic mass is 35.5. The Morgan fingerprint density at radius 3 is 2.46 bits per heavy atom. The molecule has 2 aromatic rings. The maximum absolute atomic E-state index is 11.9. The smallest absolute Gasteiger partial charge is 0.340 e. The molecule has 0 aliphatic rings. The van der Waals surface area contributed by atoms with Crippen molar-refractivity contribution in [3.05, 3.63) is 67.6 Å². The molecule has 4 nitrogen and oxygen atoms in total. The van der Waals surface area contributed by atoms with Gasteiger partial charge in [-0.3, -0.25) is 4.79 Å². The van der Waals surface area contributed by atoms with E-state index in [1.165, 1.54) is 6.07 Å². The highest BCUT2D eigenvalue weighted by Crippen LogP contribution is 2.26. The summed E-state index contributed by atoms with van der Waals surface area (Å²) in [4.78, 5) is 23.7. The number of ether oxygens (including phenoxy) is 1. The number of amides is 1. The van der Waals surface area contributed by atoms with Gasteiger partial charge < -0.3 is 10.1 Å². The van der Waals surface area contributed by atoms with Crippen molar-refractivity contribution >= 4 is 58.3 Å². The van der Waals surface area contributed by atoms with Gasteiger partial charge in [-0.25, -0.2) is 4.79 Å². The monoisotopic (exact) mass is 405 g/mol. The standard InChI is InChI=1S/C16H11Cl4NO3/c17-10-5-4-9(13(19)6-10)7-21-14(22)8-24-16(23)11-2-1-3-12(18)15(11)20/h1-6H,7-8H2,(H,21,22). The molecule has 2 rings (SSSR count). The predicted octanol–water partition coefficient (Wildman–Crippen LogP) is 4.77. The number of hydrogen-bond donors (Lipinski definition) is 1. The van der Waals surface area contributed by atoms with Gasteiger partial charge in [-0.2, -0.15) is 0 Å². The first-order valence-electron chi connectivity index (χ1n) is 6.70. The molecule has 126 valence electrons. The minimum absolute atomic E-state index is 0.0810. The SMILES string of the molecule is O=C(COC(=O)c1cccc(Cl)c1Cl)NCc1ccc(Cl)cc1Cl. The molecule has 0 aliphatic heterocycles. The quantitative estimate of drug-likeness (QED) is 0.727. The molecule has 0 heterocycles. The van der Waals surface area contributed by atoms with E-state index in [2.05, 4.69) is 5.32 Å². The molecular weight excluding hydrogens is 396 g/mol. The fraction of sp³-hybridized carbons (Fsp3) is 0.125. The van der Waals surface area contributed by atoms with E-state index >= 15 is 0 Å². The van der Waals surface area contributed by atoms with E-state index < -0.39 is 18.5 Å². The maximum atomic E-state index is 11.9. The molecule has 0 unspecified atom stereocenters. The maximum Gasteiger partial charge on any atom is 0.340 e. The summed E-state index contributed by atoms with van der Waals surface area (Å²) in [6.07, 6.45) is 0. The molecule has 0 radical (unpaired) electrons. The van der Waals surface area contributed by atoms with E-state index in [9.17, 15) is 9.59 Å². The topological polar surface area (TPSA) is 55.4 Å². The van der Waals surface area contributed by atoms with Crippen LogP contribution < -0.4 is 5.32 Å².